The predicted octanol–water partition coefficient (Wildman–Crippen LogP) is 10.3. The van der Waals surface area contributed by atoms with E-state index in [0.29, 0.717) is 0 Å². The molecule has 0 fully saturated rings. The molecule has 10 aromatic carbocycles. The molecule has 4 heterocycles. The van der Waals surface area contributed by atoms with Gasteiger partial charge in [0.05, 0.1) is 22.2 Å². The van der Waals surface area contributed by atoms with E-state index < -0.39 is 16.1 Å². The summed E-state index contributed by atoms with van der Waals surface area (Å²) in [7, 11) is -3.95. The Morgan fingerprint density at radius 3 is 1.69 bits per heavy atom. The summed E-state index contributed by atoms with van der Waals surface area (Å²) in [6, 6.07) is 101. The molecule has 0 aliphatic carbocycles. The summed E-state index contributed by atoms with van der Waals surface area (Å²) >= 11 is 0. The molecule has 0 atom stereocenters. The van der Waals surface area contributed by atoms with Crippen molar-refractivity contribution in [2.24, 2.45) is 7.05 Å². The SMILES string of the molecule is Cn1c(-c2cccc([Si](c3ccccc3)(c3ccccc3)c3cccc(-n4c5ccc6c(c5c5cccnc54)N(c4ccccc4)c4ccccc4[Si]6(c4ccccc4)c4ccccc4)c3)c2)nc2ccccc21. The zero-order chi connectivity index (χ0) is 49.2. The molecule has 0 radical (unpaired) electrons. The number of hydrogen-bond acceptors (Lipinski definition) is 3. The van der Waals surface area contributed by atoms with E-state index in [9.17, 15) is 0 Å². The number of aryl methyl sites for hydroxylation is 1. The van der Waals surface area contributed by atoms with Crippen LogP contribution in [0.5, 0.6) is 0 Å². The van der Waals surface area contributed by atoms with Gasteiger partial charge in [0.1, 0.15) is 11.5 Å². The molecule has 0 saturated carbocycles. The van der Waals surface area contributed by atoms with Gasteiger partial charge in [-0.1, -0.05) is 212 Å². The van der Waals surface area contributed by atoms with Crippen molar-refractivity contribution >= 4 is 108 Å². The average molecular weight is 980 g/mol. The summed E-state index contributed by atoms with van der Waals surface area (Å²) < 4.78 is 4.65. The maximum atomic E-state index is 5.33. The van der Waals surface area contributed by atoms with Crippen LogP contribution in [0.1, 0.15) is 0 Å². The van der Waals surface area contributed by atoms with Gasteiger partial charge < -0.3 is 9.47 Å². The van der Waals surface area contributed by atoms with Crippen LogP contribution >= 0.6 is 0 Å². The van der Waals surface area contributed by atoms with Crippen molar-refractivity contribution in [1.29, 1.82) is 0 Å². The van der Waals surface area contributed by atoms with Crippen molar-refractivity contribution in [1.82, 2.24) is 19.1 Å². The first-order valence-corrected chi connectivity index (χ1v) is 29.4. The topological polar surface area (TPSA) is 38.9 Å². The smallest absolute Gasteiger partial charge is 0.184 e. The molecule has 74 heavy (non-hydrogen) atoms. The number of aromatic nitrogens is 4. The third-order valence-corrected chi connectivity index (χ3v) is 25.2. The summed E-state index contributed by atoms with van der Waals surface area (Å²) in [5.41, 5.74) is 9.80. The Labute approximate surface area is 432 Å². The maximum Gasteiger partial charge on any atom is 0.184 e. The zero-order valence-corrected chi connectivity index (χ0v) is 42.8. The number of para-hydroxylation sites is 4. The van der Waals surface area contributed by atoms with Crippen LogP contribution in [0.2, 0.25) is 0 Å². The Kier molecular flexibility index (Phi) is 10.4. The van der Waals surface area contributed by atoms with Gasteiger partial charge in [-0.3, -0.25) is 4.57 Å². The molecule has 350 valence electrons. The van der Waals surface area contributed by atoms with Crippen molar-refractivity contribution in [2.75, 3.05) is 4.90 Å². The van der Waals surface area contributed by atoms with Crippen molar-refractivity contribution in [3.05, 3.63) is 279 Å². The minimum Gasteiger partial charge on any atom is -0.327 e. The standard InChI is InChI=1S/C67H49N5Si2/c1-70-59-40-18-17-39-58(59)69-66(70)48-24-21-36-55(46-48)73(51-28-9-3-10-29-51,52-30-11-4-12-31-52)56-37-22-27-50(47-56)72-61-43-44-63-65(64(61)57-38-23-45-68-67(57)72)71(49-25-7-2-8-26-49)60-41-19-20-42-62(60)74(63,53-32-13-5-14-33-53)54-34-15-6-16-35-54/h2-47H,1H3. The molecular formula is C67H49N5Si2. The largest absolute Gasteiger partial charge is 0.327 e. The van der Waals surface area contributed by atoms with Gasteiger partial charge in [-0.05, 0) is 102 Å². The van der Waals surface area contributed by atoms with Gasteiger partial charge in [-0.25, -0.2) is 9.97 Å². The number of fused-ring (bicyclic) bond motifs is 7. The van der Waals surface area contributed by atoms with Crippen molar-refractivity contribution in [3.8, 4) is 17.1 Å². The minimum absolute atomic E-state index is 0.919. The summed E-state index contributed by atoms with van der Waals surface area (Å²) in [4.78, 5) is 13.1. The lowest BCUT2D eigenvalue weighted by atomic mass is 10.1. The van der Waals surface area contributed by atoms with E-state index in [2.05, 4.69) is 294 Å². The molecule has 0 unspecified atom stereocenters. The van der Waals surface area contributed by atoms with E-state index >= 15 is 0 Å². The second-order valence-electron chi connectivity index (χ2n) is 19.3. The third kappa shape index (κ3) is 6.47. The number of rotatable bonds is 9. The van der Waals surface area contributed by atoms with E-state index in [0.717, 1.165) is 50.3 Å². The fourth-order valence-corrected chi connectivity index (χ4v) is 22.4. The highest BCUT2D eigenvalue weighted by atomic mass is 28.3. The van der Waals surface area contributed by atoms with Crippen molar-refractivity contribution in [2.45, 2.75) is 0 Å². The number of anilines is 3. The van der Waals surface area contributed by atoms with Crippen LogP contribution in [0.25, 0.3) is 50.0 Å². The summed E-state index contributed by atoms with van der Waals surface area (Å²) in [5, 5.41) is 12.9. The lowest BCUT2D eigenvalue weighted by Crippen LogP contribution is -2.77. The minimum atomic E-state index is -3.09. The molecule has 0 saturated heterocycles. The molecule has 0 spiro atoms. The van der Waals surface area contributed by atoms with Crippen LogP contribution in [0.4, 0.5) is 17.1 Å². The van der Waals surface area contributed by atoms with Gasteiger partial charge >= 0.3 is 0 Å². The predicted molar refractivity (Wildman–Crippen MR) is 314 cm³/mol. The number of benzene rings is 10. The molecule has 0 bridgehead atoms. The van der Waals surface area contributed by atoms with Gasteiger partial charge in [0, 0.05) is 46.6 Å². The number of nitrogens with zero attached hydrogens (tertiary/aromatic N) is 5. The van der Waals surface area contributed by atoms with Gasteiger partial charge in [0.25, 0.3) is 0 Å². The first-order chi connectivity index (χ1) is 36.7. The summed E-state index contributed by atoms with van der Waals surface area (Å²) in [5.74, 6) is 0.948. The van der Waals surface area contributed by atoms with Gasteiger partial charge in [-0.2, -0.15) is 0 Å². The normalized spacial score (nSPS) is 13.0. The van der Waals surface area contributed by atoms with Crippen LogP contribution in [-0.2, 0) is 7.05 Å². The first-order valence-electron chi connectivity index (χ1n) is 25.4. The second-order valence-corrected chi connectivity index (χ2v) is 26.9. The molecule has 1 aliphatic rings. The lowest BCUT2D eigenvalue weighted by Gasteiger charge is -2.45. The molecule has 0 N–H and O–H groups in total. The molecular weight excluding hydrogens is 931 g/mol. The maximum absolute atomic E-state index is 5.33. The second kappa shape index (κ2) is 17.6. The Balaban J connectivity index is 1.07. The van der Waals surface area contributed by atoms with E-state index in [1.165, 1.54) is 58.3 Å². The van der Waals surface area contributed by atoms with Gasteiger partial charge in [0.2, 0.25) is 0 Å². The highest BCUT2D eigenvalue weighted by Crippen LogP contribution is 2.45. The molecule has 0 amide bonds. The molecule has 13 aromatic rings. The van der Waals surface area contributed by atoms with Crippen LogP contribution in [0.3, 0.4) is 0 Å². The monoisotopic (exact) mass is 979 g/mol. The lowest BCUT2D eigenvalue weighted by molar-refractivity contribution is 0.959. The van der Waals surface area contributed by atoms with Gasteiger partial charge in [0.15, 0.2) is 16.1 Å². The van der Waals surface area contributed by atoms with Crippen molar-refractivity contribution in [3.63, 3.8) is 0 Å². The Morgan fingerprint density at radius 1 is 0.432 bits per heavy atom. The highest BCUT2D eigenvalue weighted by Gasteiger charge is 2.50. The number of hydrogen-bond donors (Lipinski definition) is 0. The Hall–Kier alpha value is -9.15. The quantitative estimate of drug-likeness (QED) is 0.107. The Morgan fingerprint density at radius 2 is 1.00 bits per heavy atom. The number of imidazole rings is 1. The van der Waals surface area contributed by atoms with Crippen LogP contribution in [0.15, 0.2) is 279 Å². The Bertz CT molecular complexity index is 4130. The van der Waals surface area contributed by atoms with E-state index in [1.54, 1.807) is 0 Å². The molecule has 5 nitrogen and oxygen atoms in total. The first kappa shape index (κ1) is 43.6. The zero-order valence-electron chi connectivity index (χ0n) is 40.8. The van der Waals surface area contributed by atoms with E-state index in [4.69, 9.17) is 9.97 Å². The van der Waals surface area contributed by atoms with Crippen LogP contribution in [0, 0.1) is 0 Å². The average Bonchev–Trinajstić information content (AvgIpc) is 4.05. The molecule has 14 rings (SSSR count). The fourth-order valence-electron chi connectivity index (χ4n) is 12.5. The highest BCUT2D eigenvalue weighted by molar-refractivity contribution is 7.21. The molecule has 7 heteroatoms. The molecule has 1 aliphatic heterocycles. The summed E-state index contributed by atoms with van der Waals surface area (Å²) in [6.07, 6.45) is 1.95. The van der Waals surface area contributed by atoms with E-state index in [1.807, 2.05) is 6.20 Å². The molecule has 3 aromatic heterocycles. The van der Waals surface area contributed by atoms with Crippen LogP contribution < -0.4 is 46.4 Å². The fraction of sp³-hybridized carbons (Fsp3) is 0.0149. The van der Waals surface area contributed by atoms with E-state index in [-0.39, 0.29) is 0 Å². The van der Waals surface area contributed by atoms with Crippen molar-refractivity contribution < 1.29 is 0 Å². The third-order valence-electron chi connectivity index (χ3n) is 15.6. The summed E-state index contributed by atoms with van der Waals surface area (Å²) in [6.45, 7) is 0. The van der Waals surface area contributed by atoms with Gasteiger partial charge in [-0.15, -0.1) is 0 Å². The van der Waals surface area contributed by atoms with Crippen LogP contribution in [-0.4, -0.2) is 35.2 Å². The number of pyridine rings is 1.